The molecule has 3 atom stereocenters. The summed E-state index contributed by atoms with van der Waals surface area (Å²) in [6, 6.07) is 9.78. The molecule has 0 spiro atoms. The van der Waals surface area contributed by atoms with Gasteiger partial charge >= 0.3 is 6.18 Å². The Kier molecular flexibility index (Phi) is 5.31. The third kappa shape index (κ3) is 4.32. The van der Waals surface area contributed by atoms with E-state index in [1.807, 2.05) is 0 Å². The SMILES string of the molecule is O=C(CSc1nc(-c2ccccc2)cc(C(F)(F)F)n1)N[C@H]1C[C@H]2CC[C@H]1C2. The third-order valence-corrected chi connectivity index (χ3v) is 6.33. The van der Waals surface area contributed by atoms with Crippen LogP contribution < -0.4 is 5.32 Å². The number of benzene rings is 1. The van der Waals surface area contributed by atoms with Gasteiger partial charge in [0, 0.05) is 11.6 Å². The van der Waals surface area contributed by atoms with Crippen molar-refractivity contribution in [2.45, 2.75) is 43.1 Å². The smallest absolute Gasteiger partial charge is 0.352 e. The summed E-state index contributed by atoms with van der Waals surface area (Å²) in [4.78, 5) is 20.1. The quantitative estimate of drug-likeness (QED) is 0.583. The summed E-state index contributed by atoms with van der Waals surface area (Å²) in [6.45, 7) is 0. The monoisotopic (exact) mass is 407 g/mol. The molecule has 1 aromatic carbocycles. The Morgan fingerprint density at radius 1 is 1.14 bits per heavy atom. The number of nitrogens with one attached hydrogen (secondary N) is 1. The maximum atomic E-state index is 13.2. The van der Waals surface area contributed by atoms with Gasteiger partial charge in [-0.25, -0.2) is 9.97 Å². The highest BCUT2D eigenvalue weighted by molar-refractivity contribution is 7.99. The summed E-state index contributed by atoms with van der Waals surface area (Å²) in [5, 5.41) is 2.99. The Labute approximate surface area is 165 Å². The van der Waals surface area contributed by atoms with Gasteiger partial charge in [-0.05, 0) is 37.2 Å². The molecule has 1 aromatic heterocycles. The largest absolute Gasteiger partial charge is 0.433 e. The van der Waals surface area contributed by atoms with Crippen LogP contribution in [0.3, 0.4) is 0 Å². The van der Waals surface area contributed by atoms with Crippen molar-refractivity contribution in [1.29, 1.82) is 0 Å². The van der Waals surface area contributed by atoms with Gasteiger partial charge in [0.2, 0.25) is 5.91 Å². The number of hydrogen-bond acceptors (Lipinski definition) is 4. The van der Waals surface area contributed by atoms with Crippen molar-refractivity contribution in [1.82, 2.24) is 15.3 Å². The molecule has 0 aliphatic heterocycles. The Bertz CT molecular complexity index is 860. The molecule has 4 rings (SSSR count). The van der Waals surface area contributed by atoms with Gasteiger partial charge in [0.25, 0.3) is 0 Å². The van der Waals surface area contributed by atoms with Gasteiger partial charge in [-0.15, -0.1) is 0 Å². The van der Waals surface area contributed by atoms with Gasteiger partial charge in [-0.2, -0.15) is 13.2 Å². The second-order valence-electron chi connectivity index (χ2n) is 7.42. The number of thioether (sulfide) groups is 1. The second kappa shape index (κ2) is 7.73. The second-order valence-corrected chi connectivity index (χ2v) is 8.36. The summed E-state index contributed by atoms with van der Waals surface area (Å²) >= 11 is 0.937. The van der Waals surface area contributed by atoms with Crippen LogP contribution in [0.25, 0.3) is 11.3 Å². The predicted molar refractivity (Wildman–Crippen MR) is 101 cm³/mol. The highest BCUT2D eigenvalue weighted by Crippen LogP contribution is 2.44. The van der Waals surface area contributed by atoms with Gasteiger partial charge < -0.3 is 5.32 Å². The Balaban J connectivity index is 1.46. The maximum Gasteiger partial charge on any atom is 0.433 e. The van der Waals surface area contributed by atoms with E-state index in [-0.39, 0.29) is 28.6 Å². The molecule has 2 aliphatic rings. The fourth-order valence-electron chi connectivity index (χ4n) is 4.19. The molecule has 2 bridgehead atoms. The summed E-state index contributed by atoms with van der Waals surface area (Å²) in [5.74, 6) is 1.09. The highest BCUT2D eigenvalue weighted by atomic mass is 32.2. The minimum atomic E-state index is -4.58. The number of amides is 1. The zero-order valence-corrected chi connectivity index (χ0v) is 15.9. The van der Waals surface area contributed by atoms with Crippen molar-refractivity contribution in [2.75, 3.05) is 5.75 Å². The lowest BCUT2D eigenvalue weighted by molar-refractivity contribution is -0.141. The number of rotatable bonds is 5. The van der Waals surface area contributed by atoms with E-state index >= 15 is 0 Å². The molecule has 1 amide bonds. The highest BCUT2D eigenvalue weighted by Gasteiger charge is 2.40. The van der Waals surface area contributed by atoms with Crippen LogP contribution in [0.15, 0.2) is 41.6 Å². The van der Waals surface area contributed by atoms with Gasteiger partial charge in [-0.1, -0.05) is 48.5 Å². The standard InChI is InChI=1S/C20H20F3N3OS/c21-20(22,23)17-10-16(13-4-2-1-3-5-13)25-19(26-17)28-11-18(27)24-15-9-12-6-7-14(15)8-12/h1-5,10,12,14-15H,6-9,11H2,(H,24,27)/t12-,14-,15-/m0/s1. The molecule has 0 unspecified atom stereocenters. The van der Waals surface area contributed by atoms with E-state index in [2.05, 4.69) is 15.3 Å². The molecular formula is C20H20F3N3OS. The van der Waals surface area contributed by atoms with Gasteiger partial charge in [-0.3, -0.25) is 4.79 Å². The number of nitrogens with zero attached hydrogens (tertiary/aromatic N) is 2. The molecule has 2 aliphatic carbocycles. The van der Waals surface area contributed by atoms with Crippen LogP contribution in [-0.2, 0) is 11.0 Å². The van der Waals surface area contributed by atoms with E-state index in [0.717, 1.165) is 30.7 Å². The van der Waals surface area contributed by atoms with E-state index in [1.165, 1.54) is 12.8 Å². The number of fused-ring (bicyclic) bond motifs is 2. The first-order valence-corrected chi connectivity index (χ1v) is 10.3. The van der Waals surface area contributed by atoms with Crippen LogP contribution in [0.4, 0.5) is 13.2 Å². The number of hydrogen-bond donors (Lipinski definition) is 1. The molecule has 0 saturated heterocycles. The van der Waals surface area contributed by atoms with Crippen LogP contribution in [0.1, 0.15) is 31.4 Å². The van der Waals surface area contributed by atoms with Gasteiger partial charge in [0.1, 0.15) is 5.69 Å². The molecule has 1 heterocycles. The minimum absolute atomic E-state index is 0.00340. The molecule has 148 valence electrons. The summed E-state index contributed by atoms with van der Waals surface area (Å²) in [7, 11) is 0. The fourth-order valence-corrected chi connectivity index (χ4v) is 4.86. The summed E-state index contributed by atoms with van der Waals surface area (Å²) < 4.78 is 39.7. The van der Waals surface area contributed by atoms with E-state index in [4.69, 9.17) is 0 Å². The van der Waals surface area contributed by atoms with Crippen molar-refractivity contribution in [3.05, 3.63) is 42.1 Å². The lowest BCUT2D eigenvalue weighted by Crippen LogP contribution is -2.39. The Hall–Kier alpha value is -2.09. The number of carbonyl (C=O) groups excluding carboxylic acids is 1. The van der Waals surface area contributed by atoms with Crippen molar-refractivity contribution in [2.24, 2.45) is 11.8 Å². The van der Waals surface area contributed by atoms with Crippen molar-refractivity contribution in [3.63, 3.8) is 0 Å². The first-order chi connectivity index (χ1) is 13.4. The lowest BCUT2D eigenvalue weighted by Gasteiger charge is -2.22. The summed E-state index contributed by atoms with van der Waals surface area (Å²) in [6.07, 6.45) is 0.00767. The topological polar surface area (TPSA) is 54.9 Å². The lowest BCUT2D eigenvalue weighted by atomic mass is 9.95. The Morgan fingerprint density at radius 3 is 2.57 bits per heavy atom. The minimum Gasteiger partial charge on any atom is -0.352 e. The average molecular weight is 407 g/mol. The number of aromatic nitrogens is 2. The van der Waals surface area contributed by atoms with E-state index in [0.29, 0.717) is 17.4 Å². The van der Waals surface area contributed by atoms with Crippen LogP contribution in [-0.4, -0.2) is 27.7 Å². The molecule has 4 nitrogen and oxygen atoms in total. The first-order valence-electron chi connectivity index (χ1n) is 9.32. The van der Waals surface area contributed by atoms with Gasteiger partial charge in [0.05, 0.1) is 11.4 Å². The fraction of sp³-hybridized carbons (Fsp3) is 0.450. The molecular weight excluding hydrogens is 387 g/mol. The van der Waals surface area contributed by atoms with Crippen molar-refractivity contribution >= 4 is 17.7 Å². The first kappa shape index (κ1) is 19.2. The van der Waals surface area contributed by atoms with Crippen LogP contribution >= 0.6 is 11.8 Å². The van der Waals surface area contributed by atoms with Crippen LogP contribution in [0.2, 0.25) is 0 Å². The molecule has 2 aromatic rings. The van der Waals surface area contributed by atoms with E-state index in [9.17, 15) is 18.0 Å². The van der Waals surface area contributed by atoms with Crippen LogP contribution in [0.5, 0.6) is 0 Å². The number of carbonyl (C=O) groups is 1. The molecule has 2 fully saturated rings. The maximum absolute atomic E-state index is 13.2. The normalized spacial score (nSPS) is 23.8. The molecule has 1 N–H and O–H groups in total. The van der Waals surface area contributed by atoms with E-state index < -0.39 is 11.9 Å². The van der Waals surface area contributed by atoms with Gasteiger partial charge in [0.15, 0.2) is 5.16 Å². The average Bonchev–Trinajstić information content (AvgIpc) is 3.29. The Morgan fingerprint density at radius 2 is 1.93 bits per heavy atom. The predicted octanol–water partition coefficient (Wildman–Crippen LogP) is 4.56. The molecule has 28 heavy (non-hydrogen) atoms. The van der Waals surface area contributed by atoms with E-state index in [1.54, 1.807) is 30.3 Å². The van der Waals surface area contributed by atoms with Crippen LogP contribution in [0, 0.1) is 11.8 Å². The van der Waals surface area contributed by atoms with Crippen molar-refractivity contribution in [3.8, 4) is 11.3 Å². The molecule has 8 heteroatoms. The third-order valence-electron chi connectivity index (χ3n) is 5.48. The summed E-state index contributed by atoms with van der Waals surface area (Å²) in [5.41, 5.74) is -0.236. The zero-order chi connectivity index (χ0) is 19.7. The zero-order valence-electron chi connectivity index (χ0n) is 15.1. The van der Waals surface area contributed by atoms with Crippen molar-refractivity contribution < 1.29 is 18.0 Å². The molecule has 2 saturated carbocycles. The number of alkyl halides is 3. The molecule has 0 radical (unpaired) electrons. The number of halogens is 3.